The number of halogens is 3. The summed E-state index contributed by atoms with van der Waals surface area (Å²) in [7, 11) is 0. The molecule has 1 aliphatic carbocycles. The van der Waals surface area contributed by atoms with Gasteiger partial charge in [0.2, 0.25) is 0 Å². The molecule has 28 heavy (non-hydrogen) atoms. The number of carbonyl (C=O) groups is 2. The molecule has 2 aromatic rings. The smallest absolute Gasteiger partial charge is 0.391 e. The van der Waals surface area contributed by atoms with Crippen LogP contribution in [-0.4, -0.2) is 29.2 Å². The Kier molecular flexibility index (Phi) is 5.49. The maximum Gasteiger partial charge on any atom is 0.391 e. The van der Waals surface area contributed by atoms with Crippen LogP contribution in [0.15, 0.2) is 36.4 Å². The number of carboxylic acid groups (broad SMARTS) is 1. The summed E-state index contributed by atoms with van der Waals surface area (Å²) < 4.78 is 38.5. The lowest BCUT2D eigenvalue weighted by Gasteiger charge is -2.33. The minimum Gasteiger partial charge on any atom is -0.480 e. The van der Waals surface area contributed by atoms with Crippen LogP contribution in [0.4, 0.5) is 18.9 Å². The third kappa shape index (κ3) is 4.21. The average molecular weight is 394 g/mol. The number of hydrogen-bond donors (Lipinski definition) is 3. The normalized spacial score (nSPS) is 21.2. The highest BCUT2D eigenvalue weighted by Gasteiger charge is 2.43. The Bertz CT molecular complexity index is 890. The highest BCUT2D eigenvalue weighted by molar-refractivity contribution is 6.05. The lowest BCUT2D eigenvalue weighted by molar-refractivity contribution is -0.184. The van der Waals surface area contributed by atoms with E-state index in [1.54, 1.807) is 24.3 Å². The van der Waals surface area contributed by atoms with Gasteiger partial charge >= 0.3 is 12.1 Å². The molecule has 0 aromatic heterocycles. The van der Waals surface area contributed by atoms with Gasteiger partial charge in [0.1, 0.15) is 6.04 Å². The van der Waals surface area contributed by atoms with Gasteiger partial charge < -0.3 is 16.2 Å². The van der Waals surface area contributed by atoms with E-state index in [2.05, 4.69) is 5.32 Å². The van der Waals surface area contributed by atoms with Crippen molar-refractivity contribution >= 4 is 28.3 Å². The molecule has 2 aromatic carbocycles. The van der Waals surface area contributed by atoms with Gasteiger partial charge in [-0.25, -0.2) is 4.79 Å². The highest BCUT2D eigenvalue weighted by atomic mass is 19.4. The van der Waals surface area contributed by atoms with Gasteiger partial charge in [-0.3, -0.25) is 4.79 Å². The van der Waals surface area contributed by atoms with E-state index in [-0.39, 0.29) is 36.9 Å². The zero-order valence-electron chi connectivity index (χ0n) is 15.0. The topological polar surface area (TPSA) is 92.4 Å². The number of fused-ring (bicyclic) bond motifs is 1. The second kappa shape index (κ2) is 7.69. The number of anilines is 1. The second-order valence-corrected chi connectivity index (χ2v) is 7.23. The maximum absolute atomic E-state index is 12.8. The molecule has 1 amide bonds. The first kappa shape index (κ1) is 20.0. The number of nitrogens with two attached hydrogens (primary N) is 1. The van der Waals surface area contributed by atoms with Crippen molar-refractivity contribution in [2.75, 3.05) is 5.73 Å². The third-order valence-electron chi connectivity index (χ3n) is 5.42. The third-order valence-corrected chi connectivity index (χ3v) is 5.42. The molecule has 4 N–H and O–H groups in total. The van der Waals surface area contributed by atoms with Crippen molar-refractivity contribution in [2.45, 2.75) is 37.9 Å². The molecule has 1 fully saturated rings. The summed E-state index contributed by atoms with van der Waals surface area (Å²) in [6, 6.07) is 9.24. The molecular weight excluding hydrogens is 373 g/mol. The van der Waals surface area contributed by atoms with Crippen molar-refractivity contribution in [1.82, 2.24) is 5.32 Å². The van der Waals surface area contributed by atoms with Crippen molar-refractivity contribution in [3.63, 3.8) is 0 Å². The van der Waals surface area contributed by atoms with E-state index < -0.39 is 35.9 Å². The molecule has 1 aliphatic rings. The summed E-state index contributed by atoms with van der Waals surface area (Å²) in [6.45, 7) is 0. The van der Waals surface area contributed by atoms with Gasteiger partial charge in [-0.1, -0.05) is 24.3 Å². The van der Waals surface area contributed by atoms with E-state index in [0.29, 0.717) is 0 Å². The zero-order valence-corrected chi connectivity index (χ0v) is 15.0. The van der Waals surface area contributed by atoms with E-state index in [4.69, 9.17) is 5.73 Å². The Morgan fingerprint density at radius 2 is 1.64 bits per heavy atom. The van der Waals surface area contributed by atoms with Crippen molar-refractivity contribution in [3.8, 4) is 0 Å². The number of benzene rings is 2. The summed E-state index contributed by atoms with van der Waals surface area (Å²) in [5, 5.41) is 13.6. The monoisotopic (exact) mass is 394 g/mol. The largest absolute Gasteiger partial charge is 0.480 e. The van der Waals surface area contributed by atoms with Crippen molar-refractivity contribution in [3.05, 3.63) is 42.0 Å². The molecule has 0 spiro atoms. The summed E-state index contributed by atoms with van der Waals surface area (Å²) in [4.78, 5) is 24.3. The maximum atomic E-state index is 12.8. The van der Waals surface area contributed by atoms with Gasteiger partial charge in [0, 0.05) is 5.69 Å². The molecule has 1 atom stereocenters. The predicted octanol–water partition coefficient (Wildman–Crippen LogP) is 3.97. The molecule has 1 saturated carbocycles. The van der Waals surface area contributed by atoms with Gasteiger partial charge in [-0.2, -0.15) is 13.2 Å². The number of aliphatic carboxylic acids is 1. The Balaban J connectivity index is 1.75. The Labute approximate surface area is 159 Å². The number of nitrogens with one attached hydrogen (secondary N) is 1. The molecule has 150 valence electrons. The van der Waals surface area contributed by atoms with Crippen LogP contribution in [0.2, 0.25) is 0 Å². The van der Waals surface area contributed by atoms with Crippen LogP contribution < -0.4 is 11.1 Å². The number of alkyl halides is 3. The van der Waals surface area contributed by atoms with E-state index in [9.17, 15) is 27.9 Å². The predicted molar refractivity (Wildman–Crippen MR) is 98.8 cm³/mol. The number of carboxylic acids is 1. The van der Waals surface area contributed by atoms with Crippen LogP contribution in [0, 0.1) is 11.8 Å². The summed E-state index contributed by atoms with van der Waals surface area (Å²) in [6.07, 6.45) is -4.35. The molecule has 0 bridgehead atoms. The Morgan fingerprint density at radius 3 is 2.18 bits per heavy atom. The van der Waals surface area contributed by atoms with Crippen LogP contribution in [0.3, 0.4) is 0 Å². The van der Waals surface area contributed by atoms with Crippen molar-refractivity contribution in [1.29, 1.82) is 0 Å². The van der Waals surface area contributed by atoms with Crippen LogP contribution in [-0.2, 0) is 4.79 Å². The van der Waals surface area contributed by atoms with Crippen molar-refractivity contribution < 1.29 is 27.9 Å². The SMILES string of the molecule is Nc1cc2ccccc2cc1C(=O)NC(C(=O)O)C1CCC(C(F)(F)F)CC1. The minimum atomic E-state index is -4.27. The fraction of sp³-hybridized carbons (Fsp3) is 0.400. The number of amides is 1. The highest BCUT2D eigenvalue weighted by Crippen LogP contribution is 2.40. The molecule has 0 aliphatic heterocycles. The van der Waals surface area contributed by atoms with Crippen LogP contribution in [0.1, 0.15) is 36.0 Å². The van der Waals surface area contributed by atoms with E-state index >= 15 is 0 Å². The van der Waals surface area contributed by atoms with Gasteiger partial charge in [0.05, 0.1) is 11.5 Å². The van der Waals surface area contributed by atoms with Crippen LogP contribution in [0.5, 0.6) is 0 Å². The standard InChI is InChI=1S/C20H21F3N2O3/c21-20(22,23)14-7-5-11(6-8-14)17(19(27)28)25-18(26)15-9-12-3-1-2-4-13(12)10-16(15)24/h1-4,9-11,14,17H,5-8,24H2,(H,25,26)(H,27,28). The van der Waals surface area contributed by atoms with E-state index in [0.717, 1.165) is 10.8 Å². The van der Waals surface area contributed by atoms with E-state index in [1.165, 1.54) is 0 Å². The number of rotatable bonds is 4. The molecule has 8 heteroatoms. The molecule has 0 radical (unpaired) electrons. The van der Waals surface area contributed by atoms with Crippen LogP contribution in [0.25, 0.3) is 10.8 Å². The van der Waals surface area contributed by atoms with Crippen molar-refractivity contribution in [2.24, 2.45) is 11.8 Å². The molecule has 3 rings (SSSR count). The average Bonchev–Trinajstić information content (AvgIpc) is 2.64. The molecular formula is C20H21F3N2O3. The van der Waals surface area contributed by atoms with E-state index in [1.807, 2.05) is 12.1 Å². The fourth-order valence-electron chi connectivity index (χ4n) is 3.83. The Hall–Kier alpha value is -2.77. The first-order chi connectivity index (χ1) is 13.2. The summed E-state index contributed by atoms with van der Waals surface area (Å²) in [5.74, 6) is -3.87. The van der Waals surface area contributed by atoms with Gasteiger partial charge in [0.15, 0.2) is 0 Å². The molecule has 0 saturated heterocycles. The minimum absolute atomic E-state index is 0.0919. The molecule has 5 nitrogen and oxygen atoms in total. The quantitative estimate of drug-likeness (QED) is 0.684. The summed E-state index contributed by atoms with van der Waals surface area (Å²) in [5.41, 5.74) is 6.31. The summed E-state index contributed by atoms with van der Waals surface area (Å²) >= 11 is 0. The van der Waals surface area contributed by atoms with Gasteiger partial charge in [-0.05, 0) is 54.5 Å². The molecule has 1 unspecified atom stereocenters. The fourth-order valence-corrected chi connectivity index (χ4v) is 3.83. The number of hydrogen-bond acceptors (Lipinski definition) is 3. The number of carbonyl (C=O) groups excluding carboxylic acids is 1. The lowest BCUT2D eigenvalue weighted by Crippen LogP contribution is -2.47. The van der Waals surface area contributed by atoms with Gasteiger partial charge in [-0.15, -0.1) is 0 Å². The molecule has 0 heterocycles. The lowest BCUT2D eigenvalue weighted by atomic mass is 9.78. The first-order valence-electron chi connectivity index (χ1n) is 9.05. The van der Waals surface area contributed by atoms with Gasteiger partial charge in [0.25, 0.3) is 5.91 Å². The first-order valence-corrected chi connectivity index (χ1v) is 9.05. The Morgan fingerprint density at radius 1 is 1.07 bits per heavy atom. The van der Waals surface area contributed by atoms with Crippen LogP contribution >= 0.6 is 0 Å². The zero-order chi connectivity index (χ0) is 20.5. The number of nitrogen functional groups attached to an aromatic ring is 1. The second-order valence-electron chi connectivity index (χ2n) is 7.23.